The third-order valence-corrected chi connectivity index (χ3v) is 6.91. The van der Waals surface area contributed by atoms with Crippen molar-refractivity contribution in [2.75, 3.05) is 5.32 Å². The highest BCUT2D eigenvalue weighted by molar-refractivity contribution is 6.03. The van der Waals surface area contributed by atoms with E-state index in [1.54, 1.807) is 33.0 Å². The van der Waals surface area contributed by atoms with E-state index in [0.717, 1.165) is 35.9 Å². The molecule has 0 bridgehead atoms. The van der Waals surface area contributed by atoms with Gasteiger partial charge in [-0.15, -0.1) is 0 Å². The van der Waals surface area contributed by atoms with Crippen LogP contribution in [0.3, 0.4) is 0 Å². The van der Waals surface area contributed by atoms with Crippen molar-refractivity contribution in [3.05, 3.63) is 77.5 Å². The molecule has 2 aromatic heterocycles. The predicted octanol–water partition coefficient (Wildman–Crippen LogP) is 6.36. The average Bonchev–Trinajstić information content (AvgIpc) is 2.88. The summed E-state index contributed by atoms with van der Waals surface area (Å²) in [5.41, 5.74) is -1.19. The molecule has 4 atom stereocenters. The number of amides is 2. The van der Waals surface area contributed by atoms with E-state index >= 15 is 0 Å². The third kappa shape index (κ3) is 6.82. The van der Waals surface area contributed by atoms with Crippen molar-refractivity contribution in [1.29, 1.82) is 5.26 Å². The Labute approximate surface area is 236 Å². The first-order valence-electron chi connectivity index (χ1n) is 13.1. The molecule has 4 rings (SSSR count). The van der Waals surface area contributed by atoms with Crippen LogP contribution in [-0.2, 0) is 4.74 Å². The zero-order chi connectivity index (χ0) is 29.9. The van der Waals surface area contributed by atoms with E-state index in [1.807, 2.05) is 6.92 Å². The highest BCUT2D eigenvalue weighted by Crippen LogP contribution is 2.42. The van der Waals surface area contributed by atoms with Crippen LogP contribution in [0.5, 0.6) is 0 Å². The number of ether oxygens (including phenoxy) is 1. The number of anilines is 1. The lowest BCUT2D eigenvalue weighted by Crippen LogP contribution is -2.47. The zero-order valence-corrected chi connectivity index (χ0v) is 23.0. The fourth-order valence-electron chi connectivity index (χ4n) is 5.14. The molecule has 41 heavy (non-hydrogen) atoms. The predicted molar refractivity (Wildman–Crippen MR) is 145 cm³/mol. The first kappa shape index (κ1) is 29.5. The van der Waals surface area contributed by atoms with Crippen molar-refractivity contribution in [1.82, 2.24) is 15.3 Å². The largest absolute Gasteiger partial charge is 0.444 e. The molecule has 8 nitrogen and oxygen atoms in total. The molecule has 1 aliphatic carbocycles. The number of carbonyl (C=O) groups excluding carboxylic acids is 2. The normalized spacial score (nSPS) is 20.5. The van der Waals surface area contributed by atoms with Gasteiger partial charge in [0.2, 0.25) is 0 Å². The summed E-state index contributed by atoms with van der Waals surface area (Å²) in [7, 11) is 0. The number of rotatable bonds is 5. The van der Waals surface area contributed by atoms with Gasteiger partial charge in [0, 0.05) is 12.2 Å². The Morgan fingerprint density at radius 1 is 1.05 bits per heavy atom. The lowest BCUT2D eigenvalue weighted by Gasteiger charge is -2.38. The summed E-state index contributed by atoms with van der Waals surface area (Å²) in [6, 6.07) is 8.66. The lowest BCUT2D eigenvalue weighted by molar-refractivity contribution is 0.0462. The summed E-state index contributed by atoms with van der Waals surface area (Å²) < 4.78 is 48.6. The Bertz CT molecular complexity index is 1480. The summed E-state index contributed by atoms with van der Waals surface area (Å²) in [6.07, 6.45) is 3.40. The maximum absolute atomic E-state index is 14.5. The number of aromatic nitrogens is 2. The molecule has 1 aromatic carbocycles. The third-order valence-electron chi connectivity index (χ3n) is 6.91. The quantitative estimate of drug-likeness (QED) is 0.372. The average molecular weight is 566 g/mol. The summed E-state index contributed by atoms with van der Waals surface area (Å²) in [5.74, 6) is -4.46. The van der Waals surface area contributed by atoms with Gasteiger partial charge < -0.3 is 15.4 Å². The van der Waals surface area contributed by atoms with Crippen LogP contribution in [0.1, 0.15) is 62.5 Å². The number of hydrogen-bond donors (Lipinski definition) is 2. The van der Waals surface area contributed by atoms with Gasteiger partial charge in [0.15, 0.2) is 0 Å². The molecular weight excluding hydrogens is 535 g/mol. The van der Waals surface area contributed by atoms with E-state index in [2.05, 4.69) is 26.7 Å². The molecule has 0 radical (unpaired) electrons. The maximum Gasteiger partial charge on any atom is 0.407 e. The number of pyridine rings is 2. The van der Waals surface area contributed by atoms with E-state index in [4.69, 9.17) is 4.74 Å². The molecule has 0 aliphatic heterocycles. The van der Waals surface area contributed by atoms with Crippen molar-refractivity contribution in [3.63, 3.8) is 0 Å². The topological polar surface area (TPSA) is 117 Å². The van der Waals surface area contributed by atoms with Crippen LogP contribution in [-0.4, -0.2) is 33.6 Å². The molecule has 2 N–H and O–H groups in total. The van der Waals surface area contributed by atoms with Gasteiger partial charge in [-0.1, -0.05) is 13.0 Å². The van der Waals surface area contributed by atoms with E-state index in [0.29, 0.717) is 18.5 Å². The van der Waals surface area contributed by atoms with E-state index in [-0.39, 0.29) is 17.5 Å². The molecule has 0 unspecified atom stereocenters. The van der Waals surface area contributed by atoms with Gasteiger partial charge in [0.1, 0.15) is 34.4 Å². The number of nitriles is 1. The molecule has 3 aromatic rings. The number of nitrogens with one attached hydrogen (secondary N) is 2. The van der Waals surface area contributed by atoms with Crippen LogP contribution < -0.4 is 10.6 Å². The number of benzene rings is 1. The summed E-state index contributed by atoms with van der Waals surface area (Å²) in [4.78, 5) is 33.7. The van der Waals surface area contributed by atoms with Crippen molar-refractivity contribution in [2.24, 2.45) is 11.8 Å². The second kappa shape index (κ2) is 12.0. The second-order valence-electron chi connectivity index (χ2n) is 11.1. The smallest absolute Gasteiger partial charge is 0.407 e. The Balaban J connectivity index is 1.59. The molecule has 2 heterocycles. The van der Waals surface area contributed by atoms with E-state index in [9.17, 15) is 28.0 Å². The second-order valence-corrected chi connectivity index (χ2v) is 11.1. The fraction of sp³-hybridized carbons (Fsp3) is 0.367. The molecule has 1 saturated carbocycles. The van der Waals surface area contributed by atoms with Gasteiger partial charge in [0.05, 0.1) is 29.4 Å². The molecule has 0 saturated heterocycles. The number of carbonyl (C=O) groups is 2. The molecule has 2 amide bonds. The Kier molecular flexibility index (Phi) is 8.61. The van der Waals surface area contributed by atoms with Gasteiger partial charge in [-0.2, -0.15) is 5.26 Å². The van der Waals surface area contributed by atoms with E-state index in [1.165, 1.54) is 6.20 Å². The minimum Gasteiger partial charge on any atom is -0.444 e. The summed E-state index contributed by atoms with van der Waals surface area (Å²) >= 11 is 0. The molecule has 1 fully saturated rings. The van der Waals surface area contributed by atoms with Crippen LogP contribution in [0.25, 0.3) is 11.3 Å². The lowest BCUT2D eigenvalue weighted by atomic mass is 9.70. The fourth-order valence-corrected chi connectivity index (χ4v) is 5.14. The Morgan fingerprint density at radius 3 is 2.41 bits per heavy atom. The van der Waals surface area contributed by atoms with E-state index < -0.39 is 58.3 Å². The maximum atomic E-state index is 14.5. The molecule has 214 valence electrons. The van der Waals surface area contributed by atoms with Gasteiger partial charge in [-0.3, -0.25) is 9.78 Å². The first-order chi connectivity index (χ1) is 19.4. The van der Waals surface area contributed by atoms with Crippen molar-refractivity contribution >= 4 is 17.7 Å². The van der Waals surface area contributed by atoms with Gasteiger partial charge in [0.25, 0.3) is 5.91 Å². The van der Waals surface area contributed by atoms with Crippen molar-refractivity contribution < 1.29 is 27.5 Å². The Hall–Kier alpha value is -4.46. The van der Waals surface area contributed by atoms with Crippen LogP contribution in [0.4, 0.5) is 23.7 Å². The van der Waals surface area contributed by atoms with Crippen LogP contribution in [0.2, 0.25) is 0 Å². The van der Waals surface area contributed by atoms with Gasteiger partial charge in [-0.25, -0.2) is 22.9 Å². The van der Waals surface area contributed by atoms with Crippen LogP contribution in [0, 0.1) is 40.6 Å². The zero-order valence-electron chi connectivity index (χ0n) is 23.0. The number of alkyl carbamates (subject to hydrolysis) is 1. The SMILES string of the molecule is C[C@@H]1C[C@H](c2ccncc2NC(=O)c2ccc(F)c(-c3c(F)cccc3F)n2)C[C@H](NC(=O)OC(C)(C)C)[C@@H]1C#N. The number of hydrogen-bond acceptors (Lipinski definition) is 6. The highest BCUT2D eigenvalue weighted by Gasteiger charge is 2.38. The molecular formula is C30H30F3N5O3. The van der Waals surface area contributed by atoms with Crippen LogP contribution >= 0.6 is 0 Å². The van der Waals surface area contributed by atoms with Gasteiger partial charge in [-0.05, 0) is 81.3 Å². The van der Waals surface area contributed by atoms with Crippen molar-refractivity contribution in [2.45, 2.75) is 58.1 Å². The minimum absolute atomic E-state index is 0.0904. The van der Waals surface area contributed by atoms with Crippen LogP contribution in [0.15, 0.2) is 48.8 Å². The number of nitrogens with zero attached hydrogens (tertiary/aromatic N) is 3. The van der Waals surface area contributed by atoms with Gasteiger partial charge >= 0.3 is 6.09 Å². The monoisotopic (exact) mass is 565 g/mol. The standard InChI is InChI=1S/C30H30F3N5O3/c1-16-12-17(13-24(19(16)14-34)38-29(40)41-30(2,3)4)18-10-11-35-15-25(18)37-28(39)23-9-8-22(33)27(36-23)26-20(31)6-5-7-21(26)32/h5-11,15-17,19,24H,12-13H2,1-4H3,(H,37,39)(H,38,40)/t16-,17+,19-,24+/m1/s1. The summed E-state index contributed by atoms with van der Waals surface area (Å²) in [6.45, 7) is 7.17. The minimum atomic E-state index is -1.01. The Morgan fingerprint density at radius 2 is 1.76 bits per heavy atom. The first-order valence-corrected chi connectivity index (χ1v) is 13.1. The highest BCUT2D eigenvalue weighted by atomic mass is 19.1. The molecule has 1 aliphatic rings. The molecule has 0 spiro atoms. The summed E-state index contributed by atoms with van der Waals surface area (Å²) in [5, 5.41) is 15.4. The molecule has 11 heteroatoms. The van der Waals surface area contributed by atoms with Crippen molar-refractivity contribution in [3.8, 4) is 17.3 Å². The number of halogens is 3.